The van der Waals surface area contributed by atoms with Crippen LogP contribution in [0.5, 0.6) is 0 Å². The minimum atomic E-state index is 0.466. The van der Waals surface area contributed by atoms with Gasteiger partial charge in [-0.05, 0) is 24.5 Å². The van der Waals surface area contributed by atoms with Gasteiger partial charge < -0.3 is 5.32 Å². The first-order chi connectivity index (χ1) is 8.30. The summed E-state index contributed by atoms with van der Waals surface area (Å²) in [6, 6.07) is 5.68. The number of nitriles is 1. The van der Waals surface area contributed by atoms with Crippen LogP contribution in [0.2, 0.25) is 0 Å². The number of pyridine rings is 1. The minimum Gasteiger partial charge on any atom is -0.384 e. The molecule has 1 rings (SSSR count). The zero-order chi connectivity index (χ0) is 12.5. The fourth-order valence-corrected chi connectivity index (χ4v) is 1.77. The number of hydrogen-bond acceptors (Lipinski definition) is 3. The first-order valence-electron chi connectivity index (χ1n) is 6.40. The summed E-state index contributed by atoms with van der Waals surface area (Å²) in [5, 5.41) is 12.0. The molecular weight excluding hydrogens is 210 g/mol. The van der Waals surface area contributed by atoms with Crippen LogP contribution in [0, 0.1) is 17.2 Å². The number of nitrogens with one attached hydrogen (secondary N) is 1. The maximum atomic E-state index is 8.65. The van der Waals surface area contributed by atoms with Gasteiger partial charge in [-0.15, -0.1) is 0 Å². The van der Waals surface area contributed by atoms with Crippen molar-refractivity contribution < 1.29 is 0 Å². The summed E-state index contributed by atoms with van der Waals surface area (Å²) in [6.45, 7) is 5.45. The normalized spacial score (nSPS) is 11.8. The summed E-state index contributed by atoms with van der Waals surface area (Å²) in [5.74, 6) is 0.727. The Morgan fingerprint density at radius 2 is 2.24 bits per heavy atom. The zero-order valence-corrected chi connectivity index (χ0v) is 10.7. The van der Waals surface area contributed by atoms with Crippen molar-refractivity contribution in [2.24, 2.45) is 5.92 Å². The Morgan fingerprint density at radius 3 is 2.76 bits per heavy atom. The van der Waals surface area contributed by atoms with Crippen LogP contribution in [0.4, 0.5) is 5.69 Å². The number of aromatic nitrogens is 1. The van der Waals surface area contributed by atoms with Crippen LogP contribution in [0.3, 0.4) is 0 Å². The number of nitrogens with zero attached hydrogens (tertiary/aromatic N) is 2. The second-order valence-corrected chi connectivity index (χ2v) is 4.34. The Morgan fingerprint density at radius 1 is 1.41 bits per heavy atom. The molecule has 1 atom stereocenters. The van der Waals surface area contributed by atoms with Gasteiger partial charge in [0.25, 0.3) is 0 Å². The quantitative estimate of drug-likeness (QED) is 0.780. The summed E-state index contributed by atoms with van der Waals surface area (Å²) in [7, 11) is 0. The lowest BCUT2D eigenvalue weighted by molar-refractivity contribution is 0.473. The van der Waals surface area contributed by atoms with Gasteiger partial charge in [0, 0.05) is 6.54 Å². The molecule has 0 aliphatic carbocycles. The van der Waals surface area contributed by atoms with Crippen LogP contribution in [0.25, 0.3) is 0 Å². The number of rotatable bonds is 7. The predicted octanol–water partition coefficient (Wildman–Crippen LogP) is 3.58. The van der Waals surface area contributed by atoms with Gasteiger partial charge in [-0.1, -0.05) is 33.1 Å². The molecule has 0 amide bonds. The van der Waals surface area contributed by atoms with Gasteiger partial charge in [-0.2, -0.15) is 5.26 Å². The Balaban J connectivity index is 2.40. The first-order valence-corrected chi connectivity index (χ1v) is 6.40. The van der Waals surface area contributed by atoms with Gasteiger partial charge in [-0.25, -0.2) is 4.98 Å². The molecule has 0 saturated heterocycles. The molecule has 0 saturated carbocycles. The van der Waals surface area contributed by atoms with Gasteiger partial charge in [0.15, 0.2) is 0 Å². The monoisotopic (exact) mass is 231 g/mol. The van der Waals surface area contributed by atoms with E-state index in [1.165, 1.54) is 25.7 Å². The molecule has 92 valence electrons. The minimum absolute atomic E-state index is 0.466. The maximum Gasteiger partial charge on any atom is 0.140 e. The average Bonchev–Trinajstić information content (AvgIpc) is 2.39. The molecule has 0 fully saturated rings. The van der Waals surface area contributed by atoms with Crippen molar-refractivity contribution in [1.29, 1.82) is 5.26 Å². The van der Waals surface area contributed by atoms with Crippen LogP contribution >= 0.6 is 0 Å². The van der Waals surface area contributed by atoms with Crippen molar-refractivity contribution in [3.05, 3.63) is 24.0 Å². The summed E-state index contributed by atoms with van der Waals surface area (Å²) in [4.78, 5) is 4.04. The van der Waals surface area contributed by atoms with Gasteiger partial charge in [0.05, 0.1) is 11.9 Å². The van der Waals surface area contributed by atoms with Crippen molar-refractivity contribution in [2.45, 2.75) is 39.5 Å². The van der Waals surface area contributed by atoms with E-state index >= 15 is 0 Å². The van der Waals surface area contributed by atoms with Crippen molar-refractivity contribution in [2.75, 3.05) is 11.9 Å². The van der Waals surface area contributed by atoms with E-state index in [1.54, 1.807) is 12.3 Å². The van der Waals surface area contributed by atoms with E-state index < -0.39 is 0 Å². The summed E-state index contributed by atoms with van der Waals surface area (Å²) in [6.07, 6.45) is 6.77. The van der Waals surface area contributed by atoms with Crippen molar-refractivity contribution in [3.63, 3.8) is 0 Å². The van der Waals surface area contributed by atoms with E-state index in [-0.39, 0.29) is 0 Å². The standard InChI is InChI=1S/C14H21N3/c1-3-5-6-12(4-2)10-16-14-8-7-13(9-15)17-11-14/h7-8,11-12,16H,3-6,10H2,1-2H3. The van der Waals surface area contributed by atoms with Crippen LogP contribution in [0.15, 0.2) is 18.3 Å². The molecule has 0 aliphatic rings. The van der Waals surface area contributed by atoms with E-state index in [0.717, 1.165) is 18.2 Å². The highest BCUT2D eigenvalue weighted by atomic mass is 14.9. The molecule has 0 spiro atoms. The highest BCUT2D eigenvalue weighted by molar-refractivity contribution is 5.42. The molecule has 0 radical (unpaired) electrons. The molecule has 3 nitrogen and oxygen atoms in total. The van der Waals surface area contributed by atoms with Crippen LogP contribution in [-0.2, 0) is 0 Å². The van der Waals surface area contributed by atoms with E-state index in [4.69, 9.17) is 5.26 Å². The molecule has 1 unspecified atom stereocenters. The first kappa shape index (κ1) is 13.5. The average molecular weight is 231 g/mol. The summed E-state index contributed by atoms with van der Waals surface area (Å²) in [5.41, 5.74) is 1.47. The highest BCUT2D eigenvalue weighted by Crippen LogP contribution is 2.14. The van der Waals surface area contributed by atoms with Crippen molar-refractivity contribution >= 4 is 5.69 Å². The molecule has 1 heterocycles. The topological polar surface area (TPSA) is 48.7 Å². The lowest BCUT2D eigenvalue weighted by atomic mass is 9.99. The third-order valence-corrected chi connectivity index (χ3v) is 3.02. The molecule has 0 aliphatic heterocycles. The van der Waals surface area contributed by atoms with Crippen LogP contribution < -0.4 is 5.32 Å². The van der Waals surface area contributed by atoms with E-state index in [9.17, 15) is 0 Å². The third-order valence-electron chi connectivity index (χ3n) is 3.02. The number of anilines is 1. The summed E-state index contributed by atoms with van der Waals surface area (Å²) >= 11 is 0. The largest absolute Gasteiger partial charge is 0.384 e. The molecule has 3 heteroatoms. The molecule has 1 N–H and O–H groups in total. The lowest BCUT2D eigenvalue weighted by Crippen LogP contribution is -2.13. The molecular formula is C14H21N3. The molecule has 17 heavy (non-hydrogen) atoms. The van der Waals surface area contributed by atoms with Crippen molar-refractivity contribution in [3.8, 4) is 6.07 Å². The Bertz CT molecular complexity index is 351. The number of unbranched alkanes of at least 4 members (excludes halogenated alkanes) is 1. The predicted molar refractivity (Wildman–Crippen MR) is 70.7 cm³/mol. The molecule has 1 aromatic heterocycles. The lowest BCUT2D eigenvalue weighted by Gasteiger charge is -2.15. The highest BCUT2D eigenvalue weighted by Gasteiger charge is 2.05. The second-order valence-electron chi connectivity index (χ2n) is 4.34. The van der Waals surface area contributed by atoms with Gasteiger partial charge in [0.2, 0.25) is 0 Å². The molecule has 0 aromatic carbocycles. The van der Waals surface area contributed by atoms with Gasteiger partial charge >= 0.3 is 0 Å². The zero-order valence-electron chi connectivity index (χ0n) is 10.7. The van der Waals surface area contributed by atoms with Crippen molar-refractivity contribution in [1.82, 2.24) is 4.98 Å². The van der Waals surface area contributed by atoms with E-state index in [1.807, 2.05) is 12.1 Å². The van der Waals surface area contributed by atoms with Crippen LogP contribution in [0.1, 0.15) is 45.2 Å². The van der Waals surface area contributed by atoms with Gasteiger partial charge in [-0.3, -0.25) is 0 Å². The number of hydrogen-bond donors (Lipinski definition) is 1. The van der Waals surface area contributed by atoms with Gasteiger partial charge in [0.1, 0.15) is 11.8 Å². The SMILES string of the molecule is CCCCC(CC)CNc1ccc(C#N)nc1. The van der Waals surface area contributed by atoms with E-state index in [0.29, 0.717) is 5.69 Å². The fraction of sp³-hybridized carbons (Fsp3) is 0.571. The smallest absolute Gasteiger partial charge is 0.140 e. The maximum absolute atomic E-state index is 8.65. The Kier molecular flexibility index (Phi) is 6.09. The van der Waals surface area contributed by atoms with E-state index in [2.05, 4.69) is 24.1 Å². The fourth-order valence-electron chi connectivity index (χ4n) is 1.77. The van der Waals surface area contributed by atoms with Crippen LogP contribution in [-0.4, -0.2) is 11.5 Å². The second kappa shape index (κ2) is 7.67. The third kappa shape index (κ3) is 4.86. The summed E-state index contributed by atoms with van der Waals surface area (Å²) < 4.78 is 0. The molecule has 0 bridgehead atoms. The Hall–Kier alpha value is -1.56. The Labute approximate surface area is 104 Å². The molecule has 1 aromatic rings.